The summed E-state index contributed by atoms with van der Waals surface area (Å²) in [5, 5.41) is 4.96. The minimum Gasteiger partial charge on any atom is -0.337 e. The predicted octanol–water partition coefficient (Wildman–Crippen LogP) is 3.50. The molecule has 0 N–H and O–H groups in total. The van der Waals surface area contributed by atoms with Crippen molar-refractivity contribution in [3.63, 3.8) is 0 Å². The van der Waals surface area contributed by atoms with Gasteiger partial charge in [-0.25, -0.2) is 4.98 Å². The number of likely N-dealkylation sites (tertiary alicyclic amines) is 1. The number of thiazole rings is 1. The quantitative estimate of drug-likeness (QED) is 0.855. The van der Waals surface area contributed by atoms with Crippen molar-refractivity contribution in [2.24, 2.45) is 0 Å². The van der Waals surface area contributed by atoms with Gasteiger partial charge in [-0.1, -0.05) is 25.9 Å². The fraction of sp³-hybridized carbons (Fsp3) is 0.625. The molecule has 1 saturated heterocycles. The minimum atomic E-state index is -0.116. The summed E-state index contributed by atoms with van der Waals surface area (Å²) in [6.07, 6.45) is 2.59. The Hall–Kier alpha value is -1.76. The Morgan fingerprint density at radius 1 is 1.43 bits per heavy atom. The van der Waals surface area contributed by atoms with Gasteiger partial charge in [0, 0.05) is 12.5 Å². The van der Waals surface area contributed by atoms with Crippen molar-refractivity contribution in [3.8, 4) is 0 Å². The summed E-state index contributed by atoms with van der Waals surface area (Å²) in [4.78, 5) is 24.5. The van der Waals surface area contributed by atoms with Gasteiger partial charge in [-0.3, -0.25) is 4.79 Å². The zero-order valence-electron chi connectivity index (χ0n) is 14.0. The van der Waals surface area contributed by atoms with Crippen LogP contribution in [0.5, 0.6) is 0 Å². The molecular formula is C16H22N4O2S. The van der Waals surface area contributed by atoms with Crippen molar-refractivity contribution < 1.29 is 9.32 Å². The number of aromatic nitrogens is 3. The number of amides is 1. The second-order valence-electron chi connectivity index (χ2n) is 6.16. The molecule has 7 heteroatoms. The van der Waals surface area contributed by atoms with Crippen LogP contribution >= 0.6 is 11.3 Å². The number of hydrogen-bond donors (Lipinski definition) is 0. The molecule has 0 unspecified atom stereocenters. The molecule has 1 fully saturated rings. The maximum absolute atomic E-state index is 13.0. The zero-order chi connectivity index (χ0) is 16.6. The van der Waals surface area contributed by atoms with E-state index in [1.165, 1.54) is 11.3 Å². The number of nitrogens with zero attached hydrogens (tertiary/aromatic N) is 4. The molecular weight excluding hydrogens is 312 g/mol. The van der Waals surface area contributed by atoms with Crippen LogP contribution in [0.1, 0.15) is 77.7 Å². The van der Waals surface area contributed by atoms with E-state index >= 15 is 0 Å². The number of hydrogen-bond acceptors (Lipinski definition) is 6. The average molecular weight is 334 g/mol. The fourth-order valence-corrected chi connectivity index (χ4v) is 3.85. The summed E-state index contributed by atoms with van der Waals surface area (Å²) in [6.45, 7) is 8.75. The van der Waals surface area contributed by atoms with Crippen molar-refractivity contribution in [2.45, 2.75) is 58.9 Å². The first-order valence-corrected chi connectivity index (χ1v) is 8.93. The van der Waals surface area contributed by atoms with Crippen molar-refractivity contribution in [1.82, 2.24) is 20.0 Å². The van der Waals surface area contributed by atoms with Crippen LogP contribution in [0.4, 0.5) is 0 Å². The van der Waals surface area contributed by atoms with Gasteiger partial charge in [0.15, 0.2) is 5.82 Å². The molecule has 0 aliphatic carbocycles. The number of carbonyl (C=O) groups excluding carboxylic acids is 1. The van der Waals surface area contributed by atoms with Crippen molar-refractivity contribution >= 4 is 17.2 Å². The van der Waals surface area contributed by atoms with Gasteiger partial charge in [-0.2, -0.15) is 4.98 Å². The number of rotatable bonds is 4. The standard InChI is InChI=1S/C16H22N4O2S/c1-5-11-13(23-10(4)17-11)16(21)20-8-6-7-12(20)15-18-14(9(2)3)19-22-15/h9,12H,5-8H2,1-4H3/t12-/m1/s1. The first kappa shape index (κ1) is 16.1. The molecule has 0 spiro atoms. The summed E-state index contributed by atoms with van der Waals surface area (Å²) in [5.74, 6) is 1.51. The normalized spacial score (nSPS) is 18.1. The topological polar surface area (TPSA) is 72.1 Å². The Labute approximate surface area is 139 Å². The van der Waals surface area contributed by atoms with Crippen LogP contribution in [0.3, 0.4) is 0 Å². The highest BCUT2D eigenvalue weighted by atomic mass is 32.1. The predicted molar refractivity (Wildman–Crippen MR) is 87.6 cm³/mol. The van der Waals surface area contributed by atoms with Gasteiger partial charge in [0.25, 0.3) is 5.91 Å². The molecule has 1 aliphatic rings. The first-order valence-electron chi connectivity index (χ1n) is 8.12. The molecule has 3 rings (SSSR count). The molecule has 0 aromatic carbocycles. The zero-order valence-corrected chi connectivity index (χ0v) is 14.8. The first-order chi connectivity index (χ1) is 11.0. The fourth-order valence-electron chi connectivity index (χ4n) is 2.89. The lowest BCUT2D eigenvalue weighted by atomic mass is 10.2. The summed E-state index contributed by atoms with van der Waals surface area (Å²) in [6, 6.07) is -0.116. The summed E-state index contributed by atoms with van der Waals surface area (Å²) >= 11 is 1.47. The van der Waals surface area contributed by atoms with Crippen molar-refractivity contribution in [3.05, 3.63) is 27.3 Å². The van der Waals surface area contributed by atoms with Crippen molar-refractivity contribution in [1.29, 1.82) is 0 Å². The Morgan fingerprint density at radius 3 is 2.87 bits per heavy atom. The monoisotopic (exact) mass is 334 g/mol. The summed E-state index contributed by atoms with van der Waals surface area (Å²) in [5.41, 5.74) is 0.886. The molecule has 2 aromatic rings. The van der Waals surface area contributed by atoms with Crippen LogP contribution < -0.4 is 0 Å². The molecule has 23 heavy (non-hydrogen) atoms. The second-order valence-corrected chi connectivity index (χ2v) is 7.37. The molecule has 6 nitrogen and oxygen atoms in total. The Kier molecular flexibility index (Phi) is 4.48. The van der Waals surface area contributed by atoms with E-state index in [2.05, 4.69) is 15.1 Å². The minimum absolute atomic E-state index is 0.0410. The van der Waals surface area contributed by atoms with E-state index in [-0.39, 0.29) is 17.9 Å². The number of carbonyl (C=O) groups is 1. The maximum atomic E-state index is 13.0. The number of aryl methyl sites for hydroxylation is 2. The maximum Gasteiger partial charge on any atom is 0.266 e. The SMILES string of the molecule is CCc1nc(C)sc1C(=O)N1CCC[C@@H]1c1nc(C(C)C)no1. The molecule has 0 bridgehead atoms. The van der Waals surface area contributed by atoms with Crippen LogP contribution in [-0.4, -0.2) is 32.5 Å². The third-order valence-electron chi connectivity index (χ3n) is 4.11. The van der Waals surface area contributed by atoms with Gasteiger partial charge in [-0.15, -0.1) is 11.3 Å². The van der Waals surface area contributed by atoms with Gasteiger partial charge < -0.3 is 9.42 Å². The summed E-state index contributed by atoms with van der Waals surface area (Å²) < 4.78 is 5.42. The van der Waals surface area contributed by atoms with E-state index in [1.54, 1.807) is 0 Å². The smallest absolute Gasteiger partial charge is 0.266 e. The molecule has 124 valence electrons. The molecule has 2 aromatic heterocycles. The highest BCUT2D eigenvalue weighted by molar-refractivity contribution is 7.13. The van der Waals surface area contributed by atoms with E-state index in [9.17, 15) is 4.79 Å². The van der Waals surface area contributed by atoms with E-state index in [0.29, 0.717) is 11.7 Å². The third kappa shape index (κ3) is 3.02. The van der Waals surface area contributed by atoms with Crippen LogP contribution in [-0.2, 0) is 6.42 Å². The van der Waals surface area contributed by atoms with Gasteiger partial charge in [0.1, 0.15) is 10.9 Å². The Morgan fingerprint density at radius 2 is 2.22 bits per heavy atom. The van der Waals surface area contributed by atoms with Crippen molar-refractivity contribution in [2.75, 3.05) is 6.54 Å². The van der Waals surface area contributed by atoms with Crippen LogP contribution in [0.15, 0.2) is 4.52 Å². The van der Waals surface area contributed by atoms with Crippen LogP contribution in [0.25, 0.3) is 0 Å². The largest absolute Gasteiger partial charge is 0.337 e. The second kappa shape index (κ2) is 6.39. The van der Waals surface area contributed by atoms with E-state index in [1.807, 2.05) is 32.6 Å². The highest BCUT2D eigenvalue weighted by Gasteiger charge is 2.36. The Balaban J connectivity index is 1.87. The lowest BCUT2D eigenvalue weighted by molar-refractivity contribution is 0.0713. The van der Waals surface area contributed by atoms with Gasteiger partial charge in [0.2, 0.25) is 5.89 Å². The lowest BCUT2D eigenvalue weighted by Crippen LogP contribution is -2.30. The van der Waals surface area contributed by atoms with E-state index < -0.39 is 0 Å². The summed E-state index contributed by atoms with van der Waals surface area (Å²) in [7, 11) is 0. The molecule has 1 atom stereocenters. The van der Waals surface area contributed by atoms with E-state index in [0.717, 1.165) is 41.4 Å². The average Bonchev–Trinajstić information content (AvgIpc) is 3.24. The third-order valence-corrected chi connectivity index (χ3v) is 5.11. The lowest BCUT2D eigenvalue weighted by Gasteiger charge is -2.21. The molecule has 0 saturated carbocycles. The van der Waals surface area contributed by atoms with Crippen LogP contribution in [0, 0.1) is 6.92 Å². The van der Waals surface area contributed by atoms with E-state index in [4.69, 9.17) is 4.52 Å². The van der Waals surface area contributed by atoms with Gasteiger partial charge >= 0.3 is 0 Å². The van der Waals surface area contributed by atoms with Gasteiger partial charge in [-0.05, 0) is 26.2 Å². The van der Waals surface area contributed by atoms with Gasteiger partial charge in [0.05, 0.1) is 10.7 Å². The molecule has 1 aliphatic heterocycles. The Bertz CT molecular complexity index is 707. The molecule has 0 radical (unpaired) electrons. The van der Waals surface area contributed by atoms with Crippen LogP contribution in [0.2, 0.25) is 0 Å². The highest BCUT2D eigenvalue weighted by Crippen LogP contribution is 2.34. The molecule has 3 heterocycles. The molecule has 1 amide bonds.